The third-order valence-corrected chi connectivity index (χ3v) is 5.59. The van der Waals surface area contributed by atoms with Crippen LogP contribution in [0.1, 0.15) is 19.3 Å². The molecule has 0 aliphatic carbocycles. The van der Waals surface area contributed by atoms with Crippen molar-refractivity contribution >= 4 is 39.3 Å². The standard InChI is InChI=1S/C17H21N7OS/c1-18-26(25)12-5-6-14(24-7-3-2-4-8-24)13(9-12)23-17-15-16(20-10-19-15)21-11-22-17/h5-6,9-11,18H,2-4,7-8H2,1H3,(H2,19,20,21,22,23). The van der Waals surface area contributed by atoms with Crippen molar-refractivity contribution in [3.63, 3.8) is 0 Å². The van der Waals surface area contributed by atoms with Gasteiger partial charge < -0.3 is 15.2 Å². The molecule has 9 heteroatoms. The highest BCUT2D eigenvalue weighted by Gasteiger charge is 2.17. The van der Waals surface area contributed by atoms with Crippen LogP contribution in [0.5, 0.6) is 0 Å². The van der Waals surface area contributed by atoms with Crippen LogP contribution in [0.25, 0.3) is 11.2 Å². The number of aromatic nitrogens is 4. The molecule has 3 aromatic rings. The molecular weight excluding hydrogens is 350 g/mol. The van der Waals surface area contributed by atoms with Crippen molar-refractivity contribution in [1.82, 2.24) is 24.7 Å². The Hall–Kier alpha value is -2.52. The fourth-order valence-electron chi connectivity index (χ4n) is 3.25. The molecule has 8 nitrogen and oxygen atoms in total. The van der Waals surface area contributed by atoms with Gasteiger partial charge in [-0.2, -0.15) is 0 Å². The Kier molecular flexibility index (Phi) is 4.81. The van der Waals surface area contributed by atoms with Gasteiger partial charge in [0, 0.05) is 13.1 Å². The van der Waals surface area contributed by atoms with Crippen molar-refractivity contribution in [1.29, 1.82) is 0 Å². The quantitative estimate of drug-likeness (QED) is 0.637. The van der Waals surface area contributed by atoms with Gasteiger partial charge in [0.2, 0.25) is 0 Å². The molecule has 0 amide bonds. The van der Waals surface area contributed by atoms with E-state index in [1.807, 2.05) is 18.2 Å². The van der Waals surface area contributed by atoms with E-state index in [0.717, 1.165) is 30.0 Å². The van der Waals surface area contributed by atoms with Crippen LogP contribution in [-0.2, 0) is 11.0 Å². The maximum absolute atomic E-state index is 12.2. The first kappa shape index (κ1) is 16.9. The number of anilines is 3. The van der Waals surface area contributed by atoms with Crippen LogP contribution in [-0.4, -0.2) is 44.3 Å². The van der Waals surface area contributed by atoms with Crippen molar-refractivity contribution in [3.05, 3.63) is 30.9 Å². The molecule has 1 aromatic carbocycles. The van der Waals surface area contributed by atoms with Gasteiger partial charge in [0.15, 0.2) is 11.5 Å². The normalized spacial score (nSPS) is 16.0. The Morgan fingerprint density at radius 2 is 2.00 bits per heavy atom. The lowest BCUT2D eigenvalue weighted by molar-refractivity contribution is 0.578. The maximum atomic E-state index is 12.2. The molecule has 136 valence electrons. The smallest absolute Gasteiger partial charge is 0.182 e. The highest BCUT2D eigenvalue weighted by molar-refractivity contribution is 7.83. The van der Waals surface area contributed by atoms with Gasteiger partial charge in [-0.1, -0.05) is 0 Å². The minimum atomic E-state index is -1.25. The van der Waals surface area contributed by atoms with Crippen LogP contribution >= 0.6 is 0 Å². The average molecular weight is 371 g/mol. The Morgan fingerprint density at radius 3 is 2.81 bits per heavy atom. The lowest BCUT2D eigenvalue weighted by Crippen LogP contribution is -2.30. The molecule has 3 N–H and O–H groups in total. The average Bonchev–Trinajstić information content (AvgIpc) is 3.18. The molecule has 0 saturated carbocycles. The molecule has 1 saturated heterocycles. The van der Waals surface area contributed by atoms with E-state index in [0.29, 0.717) is 16.4 Å². The lowest BCUT2D eigenvalue weighted by Gasteiger charge is -2.31. The first-order valence-corrected chi connectivity index (χ1v) is 9.80. The number of piperidine rings is 1. The summed E-state index contributed by atoms with van der Waals surface area (Å²) < 4.78 is 15.0. The van der Waals surface area contributed by atoms with E-state index in [1.165, 1.54) is 25.6 Å². The molecule has 1 unspecified atom stereocenters. The Labute approximate surface area is 154 Å². The fourth-order valence-corrected chi connectivity index (χ4v) is 3.90. The van der Waals surface area contributed by atoms with E-state index in [1.54, 1.807) is 13.4 Å². The number of nitrogens with one attached hydrogen (secondary N) is 3. The van der Waals surface area contributed by atoms with E-state index in [9.17, 15) is 4.21 Å². The summed E-state index contributed by atoms with van der Waals surface area (Å²) in [5.74, 6) is 0.651. The zero-order valence-electron chi connectivity index (χ0n) is 14.5. The summed E-state index contributed by atoms with van der Waals surface area (Å²) in [4.78, 5) is 18.8. The molecule has 4 rings (SSSR count). The van der Waals surface area contributed by atoms with E-state index >= 15 is 0 Å². The molecular formula is C17H21N7OS. The number of benzene rings is 1. The first-order valence-electron chi connectivity index (χ1n) is 8.65. The summed E-state index contributed by atoms with van der Waals surface area (Å²) in [5.41, 5.74) is 3.32. The maximum Gasteiger partial charge on any atom is 0.182 e. The summed E-state index contributed by atoms with van der Waals surface area (Å²) in [7, 11) is 0.428. The minimum Gasteiger partial charge on any atom is -0.370 e. The van der Waals surface area contributed by atoms with Crippen LogP contribution in [0.4, 0.5) is 17.2 Å². The second kappa shape index (κ2) is 7.38. The predicted molar refractivity (Wildman–Crippen MR) is 103 cm³/mol. The molecule has 1 aliphatic rings. The third-order valence-electron chi connectivity index (χ3n) is 4.54. The molecule has 1 aliphatic heterocycles. The lowest BCUT2D eigenvalue weighted by atomic mass is 10.1. The van der Waals surface area contributed by atoms with Gasteiger partial charge in [-0.3, -0.25) is 0 Å². The van der Waals surface area contributed by atoms with Gasteiger partial charge in [-0.15, -0.1) is 0 Å². The zero-order valence-corrected chi connectivity index (χ0v) is 15.3. The van der Waals surface area contributed by atoms with Crippen LogP contribution in [0, 0.1) is 0 Å². The van der Waals surface area contributed by atoms with Crippen LogP contribution in [0.3, 0.4) is 0 Å². The van der Waals surface area contributed by atoms with E-state index in [-0.39, 0.29) is 0 Å². The topological polar surface area (TPSA) is 98.8 Å². The zero-order chi connectivity index (χ0) is 17.9. The van der Waals surface area contributed by atoms with Crippen molar-refractivity contribution in [2.75, 3.05) is 30.4 Å². The number of aromatic amines is 1. The van der Waals surface area contributed by atoms with Gasteiger partial charge in [0.05, 0.1) is 22.6 Å². The van der Waals surface area contributed by atoms with Crippen molar-refractivity contribution < 1.29 is 4.21 Å². The first-order chi connectivity index (χ1) is 12.8. The summed E-state index contributed by atoms with van der Waals surface area (Å²) in [6.07, 6.45) is 6.72. The highest BCUT2D eigenvalue weighted by atomic mass is 32.2. The van der Waals surface area contributed by atoms with Gasteiger partial charge in [0.25, 0.3) is 0 Å². The molecule has 0 spiro atoms. The molecule has 1 fully saturated rings. The Morgan fingerprint density at radius 1 is 1.15 bits per heavy atom. The third kappa shape index (κ3) is 3.27. The molecule has 26 heavy (non-hydrogen) atoms. The number of imidazole rings is 1. The number of rotatable bonds is 5. The molecule has 3 heterocycles. The fraction of sp³-hybridized carbons (Fsp3) is 0.353. The number of fused-ring (bicyclic) bond motifs is 1. The SMILES string of the molecule is CNS(=O)c1ccc(N2CCCCC2)c(Nc2ncnc3nc[nH]c23)c1. The number of H-pyrrole nitrogens is 1. The second-order valence-corrected chi connectivity index (χ2v) is 7.57. The van der Waals surface area contributed by atoms with Crippen molar-refractivity contribution in [2.45, 2.75) is 24.2 Å². The summed E-state index contributed by atoms with van der Waals surface area (Å²) in [6, 6.07) is 5.86. The van der Waals surface area contributed by atoms with Crippen molar-refractivity contribution in [3.8, 4) is 0 Å². The van der Waals surface area contributed by atoms with Crippen LogP contribution in [0.2, 0.25) is 0 Å². The number of hydrogen-bond acceptors (Lipinski definition) is 6. The molecule has 0 bridgehead atoms. The van der Waals surface area contributed by atoms with Gasteiger partial charge in [0.1, 0.15) is 22.8 Å². The number of nitrogens with zero attached hydrogens (tertiary/aromatic N) is 4. The summed E-state index contributed by atoms with van der Waals surface area (Å²) in [5, 5.41) is 3.39. The van der Waals surface area contributed by atoms with Crippen molar-refractivity contribution in [2.24, 2.45) is 0 Å². The Balaban J connectivity index is 1.75. The largest absolute Gasteiger partial charge is 0.370 e. The van der Waals surface area contributed by atoms with Gasteiger partial charge >= 0.3 is 0 Å². The van der Waals surface area contributed by atoms with Gasteiger partial charge in [-0.05, 0) is 44.5 Å². The van der Waals surface area contributed by atoms with E-state index in [4.69, 9.17) is 0 Å². The summed E-state index contributed by atoms with van der Waals surface area (Å²) in [6.45, 7) is 2.04. The Bertz CT molecular complexity index is 936. The van der Waals surface area contributed by atoms with Gasteiger partial charge in [-0.25, -0.2) is 23.9 Å². The molecule has 2 aromatic heterocycles. The predicted octanol–water partition coefficient (Wildman–Crippen LogP) is 2.33. The summed E-state index contributed by atoms with van der Waals surface area (Å²) >= 11 is 0. The van der Waals surface area contributed by atoms with Crippen LogP contribution in [0.15, 0.2) is 35.7 Å². The van der Waals surface area contributed by atoms with E-state index < -0.39 is 11.0 Å². The van der Waals surface area contributed by atoms with E-state index in [2.05, 4.69) is 34.9 Å². The highest BCUT2D eigenvalue weighted by Crippen LogP contribution is 2.33. The van der Waals surface area contributed by atoms with Crippen LogP contribution < -0.4 is 14.9 Å². The molecule has 0 radical (unpaired) electrons. The monoisotopic (exact) mass is 371 g/mol. The molecule has 1 atom stereocenters. The minimum absolute atomic E-state index is 0.608. The second-order valence-electron chi connectivity index (χ2n) is 6.15. The number of hydrogen-bond donors (Lipinski definition) is 3.